The number of furan rings is 1. The predicted octanol–water partition coefficient (Wildman–Crippen LogP) is 4.13. The Balaban J connectivity index is 1.67. The van der Waals surface area contributed by atoms with Gasteiger partial charge < -0.3 is 19.6 Å². The van der Waals surface area contributed by atoms with E-state index in [0.29, 0.717) is 42.7 Å². The van der Waals surface area contributed by atoms with Crippen LogP contribution < -0.4 is 5.32 Å². The highest BCUT2D eigenvalue weighted by atomic mass is 16.5. The van der Waals surface area contributed by atoms with Gasteiger partial charge in [-0.2, -0.15) is 0 Å². The van der Waals surface area contributed by atoms with Crippen molar-refractivity contribution in [2.45, 2.75) is 25.2 Å². The van der Waals surface area contributed by atoms with Crippen LogP contribution in [-0.4, -0.2) is 30.2 Å². The smallest absolute Gasteiger partial charge is 0.371 e. The van der Waals surface area contributed by atoms with Crippen molar-refractivity contribution in [3.8, 4) is 0 Å². The van der Waals surface area contributed by atoms with Gasteiger partial charge in [0.25, 0.3) is 0 Å². The van der Waals surface area contributed by atoms with Gasteiger partial charge in [-0.25, -0.2) is 4.79 Å². The van der Waals surface area contributed by atoms with Gasteiger partial charge in [0.15, 0.2) is 0 Å². The van der Waals surface area contributed by atoms with Crippen LogP contribution in [0.15, 0.2) is 52.9 Å². The van der Waals surface area contributed by atoms with Crippen molar-refractivity contribution in [2.75, 3.05) is 18.5 Å². The molecule has 144 valence electrons. The molecule has 0 bridgehead atoms. The monoisotopic (exact) mass is 379 g/mol. The van der Waals surface area contributed by atoms with Crippen molar-refractivity contribution in [1.82, 2.24) is 0 Å². The van der Waals surface area contributed by atoms with Gasteiger partial charge in [0.2, 0.25) is 11.7 Å². The molecule has 2 aromatic carbocycles. The molecule has 28 heavy (non-hydrogen) atoms. The van der Waals surface area contributed by atoms with E-state index in [1.807, 2.05) is 31.2 Å². The van der Waals surface area contributed by atoms with Crippen LogP contribution in [0.4, 0.5) is 5.69 Å². The van der Waals surface area contributed by atoms with Gasteiger partial charge in [0, 0.05) is 24.3 Å². The van der Waals surface area contributed by atoms with E-state index >= 15 is 0 Å². The molecule has 1 fully saturated rings. The number of aromatic carboxylic acids is 1. The second kappa shape index (κ2) is 7.13. The molecule has 6 nitrogen and oxygen atoms in total. The topological polar surface area (TPSA) is 88.8 Å². The Labute approximate surface area is 162 Å². The highest BCUT2D eigenvalue weighted by molar-refractivity contribution is 6.01. The fraction of sp³-hybridized carbons (Fsp3) is 0.273. The molecule has 0 saturated carbocycles. The molecule has 1 saturated heterocycles. The van der Waals surface area contributed by atoms with Gasteiger partial charge in [0.1, 0.15) is 5.58 Å². The average molecular weight is 379 g/mol. The molecule has 1 amide bonds. The summed E-state index contributed by atoms with van der Waals surface area (Å²) in [5.74, 6) is -1.33. The first-order valence-electron chi connectivity index (χ1n) is 9.22. The normalized spacial score (nSPS) is 16.0. The molecule has 6 heteroatoms. The Kier molecular flexibility index (Phi) is 4.65. The van der Waals surface area contributed by atoms with Crippen LogP contribution in [0.5, 0.6) is 0 Å². The summed E-state index contributed by atoms with van der Waals surface area (Å²) in [7, 11) is 0. The van der Waals surface area contributed by atoms with Gasteiger partial charge in [0.05, 0.1) is 5.41 Å². The standard InChI is InChI=1S/C22H21NO5/c1-14-4-2-3-5-17(14)22(8-10-27-11-9-22)21(26)23-16-6-7-18-15(12-16)13-19(28-18)20(24)25/h2-7,12-13H,8-11H2,1H3,(H,23,26)(H,24,25). The number of hydrogen-bond donors (Lipinski definition) is 2. The van der Waals surface area contributed by atoms with Crippen molar-refractivity contribution in [3.63, 3.8) is 0 Å². The summed E-state index contributed by atoms with van der Waals surface area (Å²) in [6, 6.07) is 14.5. The molecular weight excluding hydrogens is 358 g/mol. The van der Waals surface area contributed by atoms with Crippen LogP contribution in [0, 0.1) is 6.92 Å². The van der Waals surface area contributed by atoms with Crippen LogP contribution >= 0.6 is 0 Å². The van der Waals surface area contributed by atoms with Gasteiger partial charge in [-0.3, -0.25) is 4.79 Å². The molecule has 1 aliphatic heterocycles. The van der Waals surface area contributed by atoms with E-state index in [1.54, 1.807) is 18.2 Å². The zero-order chi connectivity index (χ0) is 19.7. The minimum Gasteiger partial charge on any atom is -0.475 e. The number of rotatable bonds is 4. The van der Waals surface area contributed by atoms with E-state index in [4.69, 9.17) is 14.3 Å². The van der Waals surface area contributed by atoms with Crippen LogP contribution in [0.1, 0.15) is 34.5 Å². The molecule has 1 aliphatic rings. The number of benzene rings is 2. The maximum Gasteiger partial charge on any atom is 0.371 e. The van der Waals surface area contributed by atoms with E-state index in [-0.39, 0.29) is 11.7 Å². The Morgan fingerprint density at radius 2 is 1.82 bits per heavy atom. The number of nitrogens with one attached hydrogen (secondary N) is 1. The molecule has 2 heterocycles. The molecule has 2 N–H and O–H groups in total. The predicted molar refractivity (Wildman–Crippen MR) is 105 cm³/mol. The largest absolute Gasteiger partial charge is 0.475 e. The summed E-state index contributed by atoms with van der Waals surface area (Å²) < 4.78 is 10.8. The first kappa shape index (κ1) is 18.3. The van der Waals surface area contributed by atoms with E-state index in [0.717, 1.165) is 11.1 Å². The fourth-order valence-electron chi connectivity index (χ4n) is 3.93. The van der Waals surface area contributed by atoms with Gasteiger partial charge in [-0.1, -0.05) is 24.3 Å². The van der Waals surface area contributed by atoms with Crippen molar-refractivity contribution in [2.24, 2.45) is 0 Å². The van der Waals surface area contributed by atoms with Crippen molar-refractivity contribution in [1.29, 1.82) is 0 Å². The average Bonchev–Trinajstić information content (AvgIpc) is 3.12. The molecular formula is C22H21NO5. The summed E-state index contributed by atoms with van der Waals surface area (Å²) in [5, 5.41) is 12.7. The fourth-order valence-corrected chi connectivity index (χ4v) is 3.93. The van der Waals surface area contributed by atoms with Gasteiger partial charge >= 0.3 is 5.97 Å². The Morgan fingerprint density at radius 1 is 1.07 bits per heavy atom. The second-order valence-corrected chi connectivity index (χ2v) is 7.13. The molecule has 0 atom stereocenters. The Morgan fingerprint density at radius 3 is 2.54 bits per heavy atom. The maximum absolute atomic E-state index is 13.4. The lowest BCUT2D eigenvalue weighted by Gasteiger charge is -2.37. The first-order chi connectivity index (χ1) is 13.5. The number of carbonyl (C=O) groups is 2. The quantitative estimate of drug-likeness (QED) is 0.712. The number of ether oxygens (including phenoxy) is 1. The molecule has 1 aromatic heterocycles. The number of carboxylic acids is 1. The maximum atomic E-state index is 13.4. The number of hydrogen-bond acceptors (Lipinski definition) is 4. The minimum absolute atomic E-state index is 0.0774. The number of fused-ring (bicyclic) bond motifs is 1. The zero-order valence-corrected chi connectivity index (χ0v) is 15.5. The number of carbonyl (C=O) groups excluding carboxylic acids is 1. The SMILES string of the molecule is Cc1ccccc1C1(C(=O)Nc2ccc3oc(C(=O)O)cc3c2)CCOCC1. The first-order valence-corrected chi connectivity index (χ1v) is 9.22. The van der Waals surface area contributed by atoms with Crippen molar-refractivity contribution >= 4 is 28.5 Å². The summed E-state index contributed by atoms with van der Waals surface area (Å²) in [6.07, 6.45) is 1.22. The zero-order valence-electron chi connectivity index (χ0n) is 15.5. The molecule has 3 aromatic rings. The highest BCUT2D eigenvalue weighted by Crippen LogP contribution is 2.38. The van der Waals surface area contributed by atoms with Crippen LogP contribution in [0.3, 0.4) is 0 Å². The number of anilines is 1. The summed E-state index contributed by atoms with van der Waals surface area (Å²) in [6.45, 7) is 3.08. The third-order valence-corrected chi connectivity index (χ3v) is 5.43. The van der Waals surface area contributed by atoms with Gasteiger partial charge in [-0.15, -0.1) is 0 Å². The summed E-state index contributed by atoms with van der Waals surface area (Å²) in [5.41, 5.74) is 2.52. The molecule has 4 rings (SSSR count). The van der Waals surface area contributed by atoms with Gasteiger partial charge in [-0.05, 0) is 55.2 Å². The molecule has 0 unspecified atom stereocenters. The summed E-state index contributed by atoms with van der Waals surface area (Å²) in [4.78, 5) is 24.5. The highest BCUT2D eigenvalue weighted by Gasteiger charge is 2.42. The van der Waals surface area contributed by atoms with Crippen LogP contribution in [-0.2, 0) is 14.9 Å². The third kappa shape index (κ3) is 3.16. The number of amides is 1. The number of aryl methyl sites for hydroxylation is 1. The van der Waals surface area contributed by atoms with Crippen LogP contribution in [0.2, 0.25) is 0 Å². The minimum atomic E-state index is -1.12. The van der Waals surface area contributed by atoms with Crippen LogP contribution in [0.25, 0.3) is 11.0 Å². The van der Waals surface area contributed by atoms with E-state index in [2.05, 4.69) is 5.32 Å². The third-order valence-electron chi connectivity index (χ3n) is 5.43. The lowest BCUT2D eigenvalue weighted by atomic mass is 9.71. The second-order valence-electron chi connectivity index (χ2n) is 7.13. The molecule has 0 radical (unpaired) electrons. The van der Waals surface area contributed by atoms with E-state index in [1.165, 1.54) is 6.07 Å². The van der Waals surface area contributed by atoms with E-state index < -0.39 is 11.4 Å². The molecule has 0 aliphatic carbocycles. The van der Waals surface area contributed by atoms with Crippen molar-refractivity contribution in [3.05, 3.63) is 65.4 Å². The Bertz CT molecular complexity index is 1050. The lowest BCUT2D eigenvalue weighted by molar-refractivity contribution is -0.125. The lowest BCUT2D eigenvalue weighted by Crippen LogP contribution is -2.45. The molecule has 0 spiro atoms. The summed E-state index contributed by atoms with van der Waals surface area (Å²) >= 11 is 0. The van der Waals surface area contributed by atoms with Crippen molar-refractivity contribution < 1.29 is 23.8 Å². The number of carboxylic acid groups (broad SMARTS) is 1. The van der Waals surface area contributed by atoms with E-state index in [9.17, 15) is 9.59 Å². The Hall–Kier alpha value is -3.12.